The minimum absolute atomic E-state index is 0.146. The maximum atomic E-state index is 10.8. The monoisotopic (exact) mass is 245 g/mol. The molecule has 1 fully saturated rings. The molecule has 0 spiro atoms. The highest BCUT2D eigenvalue weighted by atomic mass is 35.5. The lowest BCUT2D eigenvalue weighted by atomic mass is 9.90. The molecule has 0 amide bonds. The van der Waals surface area contributed by atoms with Gasteiger partial charge in [-0.15, -0.1) is 11.3 Å². The average molecular weight is 246 g/mol. The van der Waals surface area contributed by atoms with E-state index in [0.29, 0.717) is 5.92 Å². The summed E-state index contributed by atoms with van der Waals surface area (Å²) >= 11 is 7.01. The van der Waals surface area contributed by atoms with Gasteiger partial charge >= 0.3 is 5.97 Å². The summed E-state index contributed by atoms with van der Waals surface area (Å²) in [6.45, 7) is 0. The molecule has 82 valence electrons. The maximum Gasteiger partial charge on any atom is 0.349 e. The van der Waals surface area contributed by atoms with E-state index in [-0.39, 0.29) is 10.0 Å². The van der Waals surface area contributed by atoms with Crippen LogP contribution in [0.15, 0.2) is 0 Å². The number of thiazole rings is 1. The van der Waals surface area contributed by atoms with Gasteiger partial charge in [-0.1, -0.05) is 30.9 Å². The summed E-state index contributed by atoms with van der Waals surface area (Å²) in [6.07, 6.45) is 5.93. The molecule has 0 atom stereocenters. The predicted molar refractivity (Wildman–Crippen MR) is 59.9 cm³/mol. The van der Waals surface area contributed by atoms with Gasteiger partial charge in [-0.05, 0) is 12.8 Å². The molecule has 0 aromatic carbocycles. The van der Waals surface area contributed by atoms with E-state index in [4.69, 9.17) is 16.7 Å². The van der Waals surface area contributed by atoms with E-state index >= 15 is 0 Å². The highest BCUT2D eigenvalue weighted by Gasteiger charge is 2.23. The largest absolute Gasteiger partial charge is 0.477 e. The maximum absolute atomic E-state index is 10.8. The van der Waals surface area contributed by atoms with Crippen molar-refractivity contribution in [3.8, 4) is 0 Å². The van der Waals surface area contributed by atoms with Crippen LogP contribution in [0.25, 0.3) is 0 Å². The third-order valence-electron chi connectivity index (χ3n) is 2.75. The summed E-state index contributed by atoms with van der Waals surface area (Å²) in [4.78, 5) is 15.1. The fraction of sp³-hybridized carbons (Fsp3) is 0.600. The molecule has 1 aliphatic carbocycles. The Balaban J connectivity index is 2.21. The Kier molecular flexibility index (Phi) is 3.26. The molecule has 0 radical (unpaired) electrons. The summed E-state index contributed by atoms with van der Waals surface area (Å²) in [5.41, 5.74) is 0. The van der Waals surface area contributed by atoms with Crippen molar-refractivity contribution in [1.82, 2.24) is 4.98 Å². The van der Waals surface area contributed by atoms with Crippen LogP contribution in [-0.2, 0) is 0 Å². The number of hydrogen-bond acceptors (Lipinski definition) is 3. The molecule has 1 saturated carbocycles. The van der Waals surface area contributed by atoms with Crippen LogP contribution in [0.2, 0.25) is 5.15 Å². The van der Waals surface area contributed by atoms with Crippen molar-refractivity contribution in [1.29, 1.82) is 0 Å². The molecule has 15 heavy (non-hydrogen) atoms. The van der Waals surface area contributed by atoms with Crippen LogP contribution in [-0.4, -0.2) is 16.1 Å². The SMILES string of the molecule is O=C(O)c1sc(C2CCCCC2)nc1Cl. The molecular weight excluding hydrogens is 234 g/mol. The zero-order chi connectivity index (χ0) is 10.8. The lowest BCUT2D eigenvalue weighted by Gasteiger charge is -2.18. The number of carboxylic acids is 1. The van der Waals surface area contributed by atoms with E-state index in [1.165, 1.54) is 30.6 Å². The van der Waals surface area contributed by atoms with Gasteiger partial charge in [0.05, 0.1) is 5.01 Å². The second kappa shape index (κ2) is 4.49. The topological polar surface area (TPSA) is 50.2 Å². The van der Waals surface area contributed by atoms with Crippen LogP contribution >= 0.6 is 22.9 Å². The molecule has 3 nitrogen and oxygen atoms in total. The third-order valence-corrected chi connectivity index (χ3v) is 4.34. The molecule has 1 aromatic heterocycles. The van der Waals surface area contributed by atoms with Crippen molar-refractivity contribution in [2.24, 2.45) is 0 Å². The number of aromatic carboxylic acids is 1. The Morgan fingerprint density at radius 2 is 2.07 bits per heavy atom. The smallest absolute Gasteiger partial charge is 0.349 e. The molecular formula is C10H12ClNO2S. The van der Waals surface area contributed by atoms with Crippen molar-refractivity contribution in [2.75, 3.05) is 0 Å². The Morgan fingerprint density at radius 1 is 1.40 bits per heavy atom. The summed E-state index contributed by atoms with van der Waals surface area (Å²) in [6, 6.07) is 0. The number of aromatic nitrogens is 1. The van der Waals surface area contributed by atoms with E-state index in [2.05, 4.69) is 4.98 Å². The highest BCUT2D eigenvalue weighted by Crippen LogP contribution is 2.36. The predicted octanol–water partition coefficient (Wildman–Crippen LogP) is 3.54. The van der Waals surface area contributed by atoms with Crippen LogP contribution < -0.4 is 0 Å². The van der Waals surface area contributed by atoms with Crippen molar-refractivity contribution < 1.29 is 9.90 Å². The summed E-state index contributed by atoms with van der Waals surface area (Å²) in [7, 11) is 0. The zero-order valence-electron chi connectivity index (χ0n) is 8.20. The van der Waals surface area contributed by atoms with Gasteiger partial charge in [0.2, 0.25) is 0 Å². The van der Waals surface area contributed by atoms with Gasteiger partial charge in [-0.2, -0.15) is 0 Å². The molecule has 0 aliphatic heterocycles. The van der Waals surface area contributed by atoms with Crippen LogP contribution in [0.5, 0.6) is 0 Å². The Morgan fingerprint density at radius 3 is 2.60 bits per heavy atom. The standard InChI is InChI=1S/C10H12ClNO2S/c11-8-7(10(13)14)15-9(12-8)6-4-2-1-3-5-6/h6H,1-5H2,(H,13,14). The van der Waals surface area contributed by atoms with Crippen LogP contribution in [0.1, 0.15) is 52.7 Å². The van der Waals surface area contributed by atoms with Gasteiger partial charge in [-0.3, -0.25) is 0 Å². The quantitative estimate of drug-likeness (QED) is 0.867. The lowest BCUT2D eigenvalue weighted by Crippen LogP contribution is -2.03. The van der Waals surface area contributed by atoms with Crippen LogP contribution in [0, 0.1) is 0 Å². The fourth-order valence-corrected chi connectivity index (χ4v) is 3.28. The number of hydrogen-bond donors (Lipinski definition) is 1. The minimum atomic E-state index is -0.973. The molecule has 1 N–H and O–H groups in total. The molecule has 0 unspecified atom stereocenters. The van der Waals surface area contributed by atoms with E-state index in [1.807, 2.05) is 0 Å². The molecule has 1 aliphatic rings. The van der Waals surface area contributed by atoms with Gasteiger partial charge in [-0.25, -0.2) is 9.78 Å². The molecule has 0 bridgehead atoms. The van der Waals surface area contributed by atoms with Crippen molar-refractivity contribution >= 4 is 28.9 Å². The highest BCUT2D eigenvalue weighted by molar-refractivity contribution is 7.14. The number of carboxylic acid groups (broad SMARTS) is 1. The summed E-state index contributed by atoms with van der Waals surface area (Å²) in [5.74, 6) is -0.547. The molecule has 1 heterocycles. The number of halogens is 1. The van der Waals surface area contributed by atoms with E-state index < -0.39 is 5.97 Å². The second-order valence-electron chi connectivity index (χ2n) is 3.81. The number of carbonyl (C=O) groups is 1. The van der Waals surface area contributed by atoms with E-state index in [1.54, 1.807) is 0 Å². The molecule has 5 heteroatoms. The van der Waals surface area contributed by atoms with E-state index in [0.717, 1.165) is 17.8 Å². The first-order valence-electron chi connectivity index (χ1n) is 5.08. The van der Waals surface area contributed by atoms with Crippen molar-refractivity contribution in [2.45, 2.75) is 38.0 Å². The normalized spacial score (nSPS) is 17.9. The Hall–Kier alpha value is -0.610. The number of rotatable bonds is 2. The van der Waals surface area contributed by atoms with Crippen LogP contribution in [0.3, 0.4) is 0 Å². The van der Waals surface area contributed by atoms with Crippen molar-refractivity contribution in [3.63, 3.8) is 0 Å². The first kappa shape index (κ1) is 10.9. The fourth-order valence-electron chi connectivity index (χ4n) is 1.97. The summed E-state index contributed by atoms with van der Waals surface area (Å²) < 4.78 is 0. The van der Waals surface area contributed by atoms with Gasteiger partial charge in [0.25, 0.3) is 0 Å². The van der Waals surface area contributed by atoms with Gasteiger partial charge in [0.15, 0.2) is 10.0 Å². The third kappa shape index (κ3) is 2.32. The Bertz CT molecular complexity index is 371. The van der Waals surface area contributed by atoms with Gasteiger partial charge in [0.1, 0.15) is 0 Å². The first-order chi connectivity index (χ1) is 7.18. The number of nitrogens with zero attached hydrogens (tertiary/aromatic N) is 1. The molecule has 2 rings (SSSR count). The average Bonchev–Trinajstić information content (AvgIpc) is 2.62. The van der Waals surface area contributed by atoms with Gasteiger partial charge in [0, 0.05) is 5.92 Å². The second-order valence-corrected chi connectivity index (χ2v) is 5.20. The first-order valence-corrected chi connectivity index (χ1v) is 6.27. The van der Waals surface area contributed by atoms with Gasteiger partial charge < -0.3 is 5.11 Å². The van der Waals surface area contributed by atoms with E-state index in [9.17, 15) is 4.79 Å². The lowest BCUT2D eigenvalue weighted by molar-refractivity contribution is 0.0702. The molecule has 0 saturated heterocycles. The summed E-state index contributed by atoms with van der Waals surface area (Å²) in [5, 5.41) is 9.91. The minimum Gasteiger partial charge on any atom is -0.477 e. The Labute approximate surface area is 97.1 Å². The van der Waals surface area contributed by atoms with Crippen LogP contribution in [0.4, 0.5) is 0 Å². The molecule has 1 aromatic rings. The zero-order valence-corrected chi connectivity index (χ0v) is 9.77. The van der Waals surface area contributed by atoms with Crippen molar-refractivity contribution in [3.05, 3.63) is 15.0 Å².